The number of likely N-dealkylation sites (N-methyl/N-ethyl adjacent to an activating group) is 1. The Morgan fingerprint density at radius 2 is 1.90 bits per heavy atom. The number of aliphatic hydroxyl groups excluding tert-OH is 2. The number of phenolic OH excluding ortho intramolecular Hbond substituents is 1. The van der Waals surface area contributed by atoms with E-state index in [9.17, 15) is 34.8 Å². The Kier molecular flexibility index (Phi) is 6.87. The second kappa shape index (κ2) is 9.86. The first kappa shape index (κ1) is 28.6. The zero-order valence-corrected chi connectivity index (χ0v) is 24.2. The standard InChI is InChI=1S/C28H33N5O7S/c1-11-10-41-27(31-11)30-9-13-8-16(32(2)3)14-6-12-7-15-20(33(4)5)23(36)19(26(29)39)25(38)28(15,40)24(37)17(12)22(35)18(14)21(13)34/h8,10,12,15,20,34,36-37,40H,6-7,9H2,1-5H3,(H2,29,39)(H,30,31)/t12-,15-,20?,28-/m0/s1. The molecule has 2 aromatic rings. The van der Waals surface area contributed by atoms with Gasteiger partial charge in [0.25, 0.3) is 5.91 Å². The number of carbonyl (C=O) groups is 3. The largest absolute Gasteiger partial charge is 0.510 e. The minimum absolute atomic E-state index is 0.0240. The molecule has 12 nitrogen and oxygen atoms in total. The van der Waals surface area contributed by atoms with Crippen molar-refractivity contribution < 1.29 is 34.8 Å². The molecule has 1 unspecified atom stereocenters. The fraction of sp³-hybridized carbons (Fsp3) is 0.429. The molecule has 0 radical (unpaired) electrons. The van der Waals surface area contributed by atoms with Gasteiger partial charge < -0.3 is 36.4 Å². The summed E-state index contributed by atoms with van der Waals surface area (Å²) in [6.07, 6.45) is 0.251. The number of primary amides is 1. The third-order valence-corrected chi connectivity index (χ3v) is 9.23. The van der Waals surface area contributed by atoms with E-state index in [4.69, 9.17) is 5.73 Å². The van der Waals surface area contributed by atoms with Gasteiger partial charge in [0.2, 0.25) is 5.78 Å². The predicted octanol–water partition coefficient (Wildman–Crippen LogP) is 1.56. The molecule has 218 valence electrons. The van der Waals surface area contributed by atoms with Crippen LogP contribution in [-0.2, 0) is 22.6 Å². The molecule has 3 aliphatic rings. The van der Waals surface area contributed by atoms with Crippen molar-refractivity contribution in [1.82, 2.24) is 9.88 Å². The van der Waals surface area contributed by atoms with E-state index in [2.05, 4.69) is 10.3 Å². The summed E-state index contributed by atoms with van der Waals surface area (Å²) >= 11 is 1.41. The number of nitrogens with zero attached hydrogens (tertiary/aromatic N) is 3. The van der Waals surface area contributed by atoms with Crippen LogP contribution in [0.25, 0.3) is 0 Å². The minimum atomic E-state index is -2.67. The van der Waals surface area contributed by atoms with Crippen LogP contribution < -0.4 is 16.0 Å². The molecule has 1 aromatic heterocycles. The number of carbonyl (C=O) groups excluding carboxylic acids is 3. The molecular weight excluding hydrogens is 550 g/mol. The van der Waals surface area contributed by atoms with Gasteiger partial charge in [-0.15, -0.1) is 11.3 Å². The number of aryl methyl sites for hydroxylation is 1. The highest BCUT2D eigenvalue weighted by Gasteiger charge is 2.63. The van der Waals surface area contributed by atoms with E-state index in [-0.39, 0.29) is 36.3 Å². The highest BCUT2D eigenvalue weighted by molar-refractivity contribution is 7.13. The van der Waals surface area contributed by atoms with Crippen molar-refractivity contribution in [3.05, 3.63) is 56.5 Å². The number of aromatic nitrogens is 1. The Balaban J connectivity index is 1.66. The second-order valence-corrected chi connectivity index (χ2v) is 12.1. The molecule has 1 amide bonds. The van der Waals surface area contributed by atoms with Gasteiger partial charge in [0.15, 0.2) is 16.5 Å². The maximum atomic E-state index is 14.1. The van der Waals surface area contributed by atoms with Crippen molar-refractivity contribution in [2.24, 2.45) is 17.6 Å². The number of allylic oxidation sites excluding steroid dienone is 1. The number of anilines is 2. The smallest absolute Gasteiger partial charge is 0.255 e. The third-order valence-electron chi connectivity index (χ3n) is 8.31. The van der Waals surface area contributed by atoms with Gasteiger partial charge in [-0.05, 0) is 51.4 Å². The average Bonchev–Trinajstić information content (AvgIpc) is 3.30. The number of aliphatic hydroxyl groups is 3. The molecular formula is C28H33N5O7S. The number of rotatable bonds is 6. The molecule has 1 aromatic carbocycles. The molecule has 0 saturated heterocycles. The molecule has 41 heavy (non-hydrogen) atoms. The number of nitrogens with two attached hydrogens (primary N) is 1. The van der Waals surface area contributed by atoms with Gasteiger partial charge in [0.05, 0.1) is 17.3 Å². The van der Waals surface area contributed by atoms with Crippen LogP contribution in [0.2, 0.25) is 0 Å². The van der Waals surface area contributed by atoms with Crippen LogP contribution in [0.1, 0.15) is 33.6 Å². The van der Waals surface area contributed by atoms with Gasteiger partial charge in [0, 0.05) is 48.8 Å². The molecule has 3 aliphatic carbocycles. The first-order chi connectivity index (χ1) is 19.2. The lowest BCUT2D eigenvalue weighted by Crippen LogP contribution is -2.63. The first-order valence-corrected chi connectivity index (χ1v) is 13.9. The molecule has 5 rings (SSSR count). The fourth-order valence-electron chi connectivity index (χ4n) is 6.49. The highest BCUT2D eigenvalue weighted by Crippen LogP contribution is 2.53. The zero-order valence-electron chi connectivity index (χ0n) is 23.3. The number of aromatic hydroxyl groups is 1. The number of hydrogen-bond acceptors (Lipinski definition) is 12. The van der Waals surface area contributed by atoms with Gasteiger partial charge in [-0.1, -0.05) is 0 Å². The van der Waals surface area contributed by atoms with Gasteiger partial charge >= 0.3 is 0 Å². The number of Topliss-reactive ketones (excluding diaryl/α,β-unsaturated/α-hetero) is 2. The van der Waals surface area contributed by atoms with E-state index in [0.717, 1.165) is 5.69 Å². The minimum Gasteiger partial charge on any atom is -0.510 e. The molecule has 0 spiro atoms. The van der Waals surface area contributed by atoms with Gasteiger partial charge in [-0.3, -0.25) is 19.3 Å². The number of nitrogens with one attached hydrogen (secondary N) is 1. The van der Waals surface area contributed by atoms with Crippen molar-refractivity contribution in [1.29, 1.82) is 0 Å². The lowest BCUT2D eigenvalue weighted by atomic mass is 9.58. The van der Waals surface area contributed by atoms with E-state index in [0.29, 0.717) is 21.9 Å². The Hall–Kier alpha value is -3.94. The number of benzene rings is 1. The number of ketones is 2. The predicted molar refractivity (Wildman–Crippen MR) is 152 cm³/mol. The van der Waals surface area contributed by atoms with Gasteiger partial charge in [-0.2, -0.15) is 0 Å². The number of phenols is 1. The Bertz CT molecular complexity index is 1560. The van der Waals surface area contributed by atoms with E-state index in [1.165, 1.54) is 16.2 Å². The summed E-state index contributed by atoms with van der Waals surface area (Å²) in [5, 5.41) is 51.2. The monoisotopic (exact) mass is 583 g/mol. The van der Waals surface area contributed by atoms with Crippen LogP contribution in [0.5, 0.6) is 5.75 Å². The quantitative estimate of drug-likeness (QED) is 0.271. The van der Waals surface area contributed by atoms with E-state index >= 15 is 0 Å². The molecule has 13 heteroatoms. The SMILES string of the molecule is Cc1csc(NCc2cc(N(C)C)c3c(c2O)C(=O)C2=C(O)[C@]4(O)C(=O)C(C(N)=O)=C(O)C(N(C)C)[C@@H]4C[C@@H]2C3)n1. The topological polar surface area (TPSA) is 190 Å². The summed E-state index contributed by atoms with van der Waals surface area (Å²) in [5.74, 6) is -6.71. The lowest BCUT2D eigenvalue weighted by molar-refractivity contribution is -0.148. The van der Waals surface area contributed by atoms with E-state index in [1.54, 1.807) is 20.2 Å². The Labute approximate surface area is 240 Å². The van der Waals surface area contributed by atoms with Crippen LogP contribution in [0, 0.1) is 18.8 Å². The van der Waals surface area contributed by atoms with Crippen molar-refractivity contribution in [3.63, 3.8) is 0 Å². The van der Waals surface area contributed by atoms with Crippen LogP contribution in [0.15, 0.2) is 34.1 Å². The van der Waals surface area contributed by atoms with E-state index in [1.807, 2.05) is 31.3 Å². The molecule has 0 bridgehead atoms. The number of hydrogen-bond donors (Lipinski definition) is 6. The van der Waals surface area contributed by atoms with Gasteiger partial charge in [-0.25, -0.2) is 4.98 Å². The molecule has 4 atom stereocenters. The number of thiazole rings is 1. The Morgan fingerprint density at radius 3 is 2.46 bits per heavy atom. The van der Waals surface area contributed by atoms with Crippen LogP contribution in [-0.4, -0.2) is 87.6 Å². The maximum absolute atomic E-state index is 14.1. The zero-order chi connectivity index (χ0) is 30.1. The maximum Gasteiger partial charge on any atom is 0.255 e. The Morgan fingerprint density at radius 1 is 1.22 bits per heavy atom. The summed E-state index contributed by atoms with van der Waals surface area (Å²) in [5.41, 5.74) is 4.20. The van der Waals surface area contributed by atoms with Crippen LogP contribution in [0.4, 0.5) is 10.8 Å². The third kappa shape index (κ3) is 4.18. The van der Waals surface area contributed by atoms with Crippen molar-refractivity contribution in [3.8, 4) is 5.75 Å². The summed E-state index contributed by atoms with van der Waals surface area (Å²) in [7, 11) is 6.82. The molecule has 0 aliphatic heterocycles. The summed E-state index contributed by atoms with van der Waals surface area (Å²) in [4.78, 5) is 47.4. The molecule has 7 N–H and O–H groups in total. The van der Waals surface area contributed by atoms with E-state index < -0.39 is 58.0 Å². The fourth-order valence-corrected chi connectivity index (χ4v) is 7.18. The number of amides is 1. The summed E-state index contributed by atoms with van der Waals surface area (Å²) < 4.78 is 0. The highest BCUT2D eigenvalue weighted by atomic mass is 32.1. The normalized spacial score (nSPS) is 25.7. The van der Waals surface area contributed by atoms with Crippen molar-refractivity contribution in [2.45, 2.75) is 38.0 Å². The molecule has 0 fully saturated rings. The lowest BCUT2D eigenvalue weighted by Gasteiger charge is -2.50. The van der Waals surface area contributed by atoms with Crippen LogP contribution >= 0.6 is 11.3 Å². The summed E-state index contributed by atoms with van der Waals surface area (Å²) in [6.45, 7) is 2.02. The van der Waals surface area contributed by atoms with Gasteiger partial charge in [0.1, 0.15) is 22.8 Å². The van der Waals surface area contributed by atoms with Crippen molar-refractivity contribution >= 4 is 39.6 Å². The molecule has 0 saturated carbocycles. The second-order valence-electron chi connectivity index (χ2n) is 11.3. The summed E-state index contributed by atoms with van der Waals surface area (Å²) in [6, 6.07) is 0.758. The molecule has 1 heterocycles. The van der Waals surface area contributed by atoms with Crippen molar-refractivity contribution in [2.75, 3.05) is 38.4 Å². The average molecular weight is 584 g/mol. The number of fused-ring (bicyclic) bond motifs is 3. The first-order valence-electron chi connectivity index (χ1n) is 13.1. The van der Waals surface area contributed by atoms with Crippen LogP contribution in [0.3, 0.4) is 0 Å².